The Hall–Kier alpha value is -3.49. The molecule has 0 aliphatic heterocycles. The predicted octanol–water partition coefficient (Wildman–Crippen LogP) is 1.85. The summed E-state index contributed by atoms with van der Waals surface area (Å²) in [6.45, 7) is 0.931. The molecule has 0 saturated heterocycles. The molecule has 7 nitrogen and oxygen atoms in total. The van der Waals surface area contributed by atoms with Crippen molar-refractivity contribution in [2.45, 2.75) is 19.5 Å². The second-order valence-corrected chi connectivity index (χ2v) is 6.16. The van der Waals surface area contributed by atoms with Crippen LogP contribution in [0.5, 0.6) is 5.75 Å². The zero-order chi connectivity index (χ0) is 20.4. The van der Waals surface area contributed by atoms with Crippen LogP contribution in [0.2, 0.25) is 0 Å². The van der Waals surface area contributed by atoms with Gasteiger partial charge in [-0.25, -0.2) is 13.6 Å². The van der Waals surface area contributed by atoms with Crippen molar-refractivity contribution < 1.29 is 18.3 Å². The highest BCUT2D eigenvalue weighted by molar-refractivity contribution is 5.84. The van der Waals surface area contributed by atoms with E-state index in [4.69, 9.17) is 4.74 Å². The Morgan fingerprint density at radius 3 is 2.68 bits per heavy atom. The third kappa shape index (κ3) is 3.64. The molecule has 0 spiro atoms. The molecule has 9 heteroatoms. The van der Waals surface area contributed by atoms with Crippen molar-refractivity contribution in [2.24, 2.45) is 0 Å². The molecule has 1 atom stereocenters. The molecule has 3 rings (SSSR count). The van der Waals surface area contributed by atoms with Crippen LogP contribution in [0, 0.1) is 11.6 Å². The number of ether oxygens (including phenoxy) is 1. The van der Waals surface area contributed by atoms with Crippen LogP contribution in [-0.4, -0.2) is 22.6 Å². The highest BCUT2D eigenvalue weighted by Gasteiger charge is 2.17. The Labute approximate surface area is 157 Å². The molecule has 0 unspecified atom stereocenters. The van der Waals surface area contributed by atoms with Crippen LogP contribution in [0.3, 0.4) is 0 Å². The maximum Gasteiger partial charge on any atom is 0.329 e. The van der Waals surface area contributed by atoms with Crippen LogP contribution >= 0.6 is 0 Å². The maximum atomic E-state index is 13.8. The van der Waals surface area contributed by atoms with Gasteiger partial charge in [-0.05, 0) is 25.1 Å². The Balaban J connectivity index is 1.89. The van der Waals surface area contributed by atoms with Gasteiger partial charge >= 0.3 is 5.69 Å². The van der Waals surface area contributed by atoms with Crippen molar-refractivity contribution >= 4 is 16.8 Å². The summed E-state index contributed by atoms with van der Waals surface area (Å²) in [6.07, 6.45) is 0. The summed E-state index contributed by atoms with van der Waals surface area (Å²) in [6, 6.07) is 6.94. The lowest BCUT2D eigenvalue weighted by molar-refractivity contribution is -0.122. The molecule has 0 saturated carbocycles. The molecule has 2 aromatic carbocycles. The van der Waals surface area contributed by atoms with Crippen molar-refractivity contribution in [3.8, 4) is 5.75 Å². The zero-order valence-corrected chi connectivity index (χ0v) is 15.1. The standard InChI is InChI=1S/C19H17F2N3O4/c1-10(12-7-6-11(20)8-13(12)21)22-16(25)9-24-18(26)17-14(23-19(24)27)4-3-5-15(17)28-2/h3-8,10H,9H2,1-2H3,(H,22,25)(H,23,27)/t10-/m0/s1. The fourth-order valence-corrected chi connectivity index (χ4v) is 2.94. The minimum absolute atomic E-state index is 0.0798. The number of carbonyl (C=O) groups is 1. The first-order valence-electron chi connectivity index (χ1n) is 8.36. The van der Waals surface area contributed by atoms with Crippen LogP contribution in [-0.2, 0) is 11.3 Å². The summed E-state index contributed by atoms with van der Waals surface area (Å²) < 4.78 is 32.7. The van der Waals surface area contributed by atoms with E-state index in [0.717, 1.165) is 10.6 Å². The molecular formula is C19H17F2N3O4. The molecule has 28 heavy (non-hydrogen) atoms. The van der Waals surface area contributed by atoms with Crippen LogP contribution < -0.4 is 21.3 Å². The van der Waals surface area contributed by atoms with E-state index >= 15 is 0 Å². The topological polar surface area (TPSA) is 93.2 Å². The SMILES string of the molecule is COc1cccc2[nH]c(=O)n(CC(=O)N[C@@H](C)c3ccc(F)cc3F)c(=O)c12. The highest BCUT2D eigenvalue weighted by atomic mass is 19.1. The van der Waals surface area contributed by atoms with E-state index < -0.39 is 41.4 Å². The smallest absolute Gasteiger partial charge is 0.329 e. The van der Waals surface area contributed by atoms with Gasteiger partial charge in [0.2, 0.25) is 5.91 Å². The largest absolute Gasteiger partial charge is 0.496 e. The van der Waals surface area contributed by atoms with E-state index in [2.05, 4.69) is 10.3 Å². The molecule has 0 aliphatic carbocycles. The van der Waals surface area contributed by atoms with Gasteiger partial charge in [0.05, 0.1) is 18.7 Å². The maximum absolute atomic E-state index is 13.8. The molecular weight excluding hydrogens is 372 g/mol. The van der Waals surface area contributed by atoms with Crippen LogP contribution in [0.25, 0.3) is 10.9 Å². The van der Waals surface area contributed by atoms with Crippen LogP contribution in [0.1, 0.15) is 18.5 Å². The molecule has 0 aliphatic rings. The fraction of sp³-hybridized carbons (Fsp3) is 0.211. The van der Waals surface area contributed by atoms with Gasteiger partial charge in [0.15, 0.2) is 0 Å². The van der Waals surface area contributed by atoms with Gasteiger partial charge in [-0.3, -0.25) is 14.2 Å². The third-order valence-electron chi connectivity index (χ3n) is 4.30. The minimum atomic E-state index is -0.807. The average Bonchev–Trinajstić information content (AvgIpc) is 2.64. The third-order valence-corrected chi connectivity index (χ3v) is 4.30. The quantitative estimate of drug-likeness (QED) is 0.697. The van der Waals surface area contributed by atoms with Gasteiger partial charge in [0, 0.05) is 11.6 Å². The second-order valence-electron chi connectivity index (χ2n) is 6.16. The lowest BCUT2D eigenvalue weighted by atomic mass is 10.1. The van der Waals surface area contributed by atoms with Crippen molar-refractivity contribution in [2.75, 3.05) is 7.11 Å². The monoisotopic (exact) mass is 389 g/mol. The number of fused-ring (bicyclic) bond motifs is 1. The molecule has 1 heterocycles. The zero-order valence-electron chi connectivity index (χ0n) is 15.1. The van der Waals surface area contributed by atoms with Gasteiger partial charge in [0.25, 0.3) is 5.56 Å². The summed E-state index contributed by atoms with van der Waals surface area (Å²) in [7, 11) is 1.38. The summed E-state index contributed by atoms with van der Waals surface area (Å²) in [5, 5.41) is 2.63. The van der Waals surface area contributed by atoms with E-state index in [-0.39, 0.29) is 22.2 Å². The number of hydrogen-bond donors (Lipinski definition) is 2. The molecule has 146 valence electrons. The molecule has 2 N–H and O–H groups in total. The van der Waals surface area contributed by atoms with Crippen molar-refractivity contribution in [3.05, 3.63) is 74.4 Å². The molecule has 0 radical (unpaired) electrons. The average molecular weight is 389 g/mol. The van der Waals surface area contributed by atoms with Gasteiger partial charge < -0.3 is 15.0 Å². The number of aromatic amines is 1. The number of rotatable bonds is 5. The lowest BCUT2D eigenvalue weighted by Gasteiger charge is -2.16. The van der Waals surface area contributed by atoms with E-state index in [1.807, 2.05) is 0 Å². The van der Waals surface area contributed by atoms with Crippen LogP contribution in [0.4, 0.5) is 8.78 Å². The minimum Gasteiger partial charge on any atom is -0.496 e. The van der Waals surface area contributed by atoms with Gasteiger partial charge in [-0.1, -0.05) is 12.1 Å². The van der Waals surface area contributed by atoms with Crippen molar-refractivity contribution in [1.29, 1.82) is 0 Å². The first kappa shape index (κ1) is 19.3. The van der Waals surface area contributed by atoms with Gasteiger partial charge in [0.1, 0.15) is 29.3 Å². The summed E-state index contributed by atoms with van der Waals surface area (Å²) >= 11 is 0. The van der Waals surface area contributed by atoms with Crippen LogP contribution in [0.15, 0.2) is 46.0 Å². The number of benzene rings is 2. The molecule has 0 fully saturated rings. The number of aromatic nitrogens is 2. The lowest BCUT2D eigenvalue weighted by Crippen LogP contribution is -2.41. The number of hydrogen-bond acceptors (Lipinski definition) is 4. The molecule has 3 aromatic rings. The number of nitrogens with zero attached hydrogens (tertiary/aromatic N) is 1. The first-order valence-corrected chi connectivity index (χ1v) is 8.36. The molecule has 0 bridgehead atoms. The first-order chi connectivity index (χ1) is 13.3. The second kappa shape index (κ2) is 7.63. The van der Waals surface area contributed by atoms with E-state index in [1.165, 1.54) is 20.1 Å². The highest BCUT2D eigenvalue weighted by Crippen LogP contribution is 2.19. The van der Waals surface area contributed by atoms with E-state index in [1.54, 1.807) is 18.2 Å². The molecule has 1 aromatic heterocycles. The fourth-order valence-electron chi connectivity index (χ4n) is 2.94. The number of H-pyrrole nitrogens is 1. The normalized spacial score (nSPS) is 12.0. The van der Waals surface area contributed by atoms with Gasteiger partial charge in [-0.15, -0.1) is 0 Å². The Morgan fingerprint density at radius 2 is 2.00 bits per heavy atom. The number of nitrogens with one attached hydrogen (secondary N) is 2. The number of carbonyl (C=O) groups excluding carboxylic acids is 1. The number of amides is 1. The Morgan fingerprint density at radius 1 is 1.25 bits per heavy atom. The number of methoxy groups -OCH3 is 1. The summed E-state index contributed by atoms with van der Waals surface area (Å²) in [4.78, 5) is 39.8. The van der Waals surface area contributed by atoms with Gasteiger partial charge in [-0.2, -0.15) is 0 Å². The van der Waals surface area contributed by atoms with Crippen molar-refractivity contribution in [1.82, 2.24) is 14.9 Å². The van der Waals surface area contributed by atoms with E-state index in [9.17, 15) is 23.2 Å². The summed E-state index contributed by atoms with van der Waals surface area (Å²) in [5.41, 5.74) is -1.09. The predicted molar refractivity (Wildman–Crippen MR) is 98.3 cm³/mol. The Kier molecular flexibility index (Phi) is 5.25. The molecule has 1 amide bonds. The van der Waals surface area contributed by atoms with Crippen molar-refractivity contribution in [3.63, 3.8) is 0 Å². The number of halogens is 2. The summed E-state index contributed by atoms with van der Waals surface area (Å²) in [5.74, 6) is -1.96. The Bertz CT molecular complexity index is 1170. The van der Waals surface area contributed by atoms with E-state index in [0.29, 0.717) is 6.07 Å².